The maximum Gasteiger partial charge on any atom is 0.240 e. The predicted octanol–water partition coefficient (Wildman–Crippen LogP) is 2.44. The van der Waals surface area contributed by atoms with Gasteiger partial charge in [-0.05, 0) is 50.8 Å². The zero-order valence-electron chi connectivity index (χ0n) is 16.3. The summed E-state index contributed by atoms with van der Waals surface area (Å²) in [6, 6.07) is 12.2. The van der Waals surface area contributed by atoms with Gasteiger partial charge in [0.15, 0.2) is 11.5 Å². The number of rotatable bonds is 8. The number of sulfonamides is 1. The van der Waals surface area contributed by atoms with Gasteiger partial charge in [-0.3, -0.25) is 0 Å². The van der Waals surface area contributed by atoms with Crippen LogP contribution < -0.4 is 18.9 Å². The van der Waals surface area contributed by atoms with Crippen molar-refractivity contribution in [3.63, 3.8) is 0 Å². The molecule has 7 nitrogen and oxygen atoms in total. The number of benzene rings is 2. The van der Waals surface area contributed by atoms with Gasteiger partial charge in [-0.15, -0.1) is 0 Å². The Morgan fingerprint density at radius 2 is 1.75 bits per heavy atom. The molecule has 3 rings (SSSR count). The summed E-state index contributed by atoms with van der Waals surface area (Å²) in [6.07, 6.45) is 0. The van der Waals surface area contributed by atoms with Crippen LogP contribution in [0.2, 0.25) is 0 Å². The lowest BCUT2D eigenvalue weighted by molar-refractivity contribution is 0.171. The molecular formula is C20H26N2O5S. The summed E-state index contributed by atoms with van der Waals surface area (Å²) in [5.41, 5.74) is 0.998. The zero-order valence-corrected chi connectivity index (χ0v) is 17.2. The summed E-state index contributed by atoms with van der Waals surface area (Å²) in [5, 5.41) is 0. The molecule has 0 saturated carbocycles. The van der Waals surface area contributed by atoms with Crippen molar-refractivity contribution < 1.29 is 22.6 Å². The predicted molar refractivity (Wildman–Crippen MR) is 107 cm³/mol. The molecule has 2 aromatic carbocycles. The van der Waals surface area contributed by atoms with Crippen LogP contribution in [0, 0.1) is 0 Å². The van der Waals surface area contributed by atoms with E-state index in [0.717, 1.165) is 11.3 Å². The summed E-state index contributed by atoms with van der Waals surface area (Å²) < 4.78 is 44.6. The molecular weight excluding hydrogens is 380 g/mol. The Balaban J connectivity index is 1.73. The van der Waals surface area contributed by atoms with Gasteiger partial charge in [0.05, 0.1) is 11.5 Å². The van der Waals surface area contributed by atoms with Crippen molar-refractivity contribution in [1.82, 2.24) is 9.62 Å². The number of nitrogens with one attached hydrogen (secondary N) is 1. The summed E-state index contributed by atoms with van der Waals surface area (Å²) in [6.45, 7) is 3.64. The van der Waals surface area contributed by atoms with Crippen LogP contribution in [0.1, 0.15) is 18.5 Å². The first-order valence-corrected chi connectivity index (χ1v) is 10.7. The van der Waals surface area contributed by atoms with E-state index < -0.39 is 10.0 Å². The number of hydrogen-bond acceptors (Lipinski definition) is 6. The SMILES string of the molecule is CCOc1ccc([C@H](CNS(=O)(=O)c2ccc3c(c2)OCCO3)N(C)C)cc1. The van der Waals surface area contributed by atoms with Crippen LogP contribution in [0.3, 0.4) is 0 Å². The van der Waals surface area contributed by atoms with Crippen LogP contribution >= 0.6 is 0 Å². The third-order valence-corrected chi connectivity index (χ3v) is 5.91. The van der Waals surface area contributed by atoms with Crippen LogP contribution in [0.15, 0.2) is 47.4 Å². The smallest absolute Gasteiger partial charge is 0.240 e. The minimum atomic E-state index is -3.68. The largest absolute Gasteiger partial charge is 0.494 e. The van der Waals surface area contributed by atoms with E-state index in [0.29, 0.717) is 31.3 Å². The van der Waals surface area contributed by atoms with Gasteiger partial charge in [0.25, 0.3) is 0 Å². The van der Waals surface area contributed by atoms with Crippen LogP contribution in [0.4, 0.5) is 0 Å². The van der Waals surface area contributed by atoms with E-state index in [-0.39, 0.29) is 17.5 Å². The van der Waals surface area contributed by atoms with E-state index in [1.165, 1.54) is 12.1 Å². The Bertz CT molecular complexity index is 897. The summed E-state index contributed by atoms with van der Waals surface area (Å²) in [4.78, 5) is 2.13. The molecule has 0 bridgehead atoms. The molecule has 1 aliphatic rings. The molecule has 1 atom stereocenters. The fourth-order valence-electron chi connectivity index (χ4n) is 3.01. The van der Waals surface area contributed by atoms with Crippen LogP contribution in [0.25, 0.3) is 0 Å². The normalized spacial score (nSPS) is 14.7. The molecule has 8 heteroatoms. The molecule has 0 aliphatic carbocycles. The standard InChI is InChI=1S/C20H26N2O5S/c1-4-25-16-7-5-15(6-8-16)18(22(2)3)14-21-28(23,24)17-9-10-19-20(13-17)27-12-11-26-19/h5-10,13,18,21H,4,11-12,14H2,1-3H3/t18-/m0/s1. The molecule has 1 aliphatic heterocycles. The Hall–Kier alpha value is -2.29. The number of nitrogens with zero attached hydrogens (tertiary/aromatic N) is 1. The molecule has 152 valence electrons. The Morgan fingerprint density at radius 3 is 2.39 bits per heavy atom. The first-order valence-electron chi connectivity index (χ1n) is 9.19. The lowest BCUT2D eigenvalue weighted by Crippen LogP contribution is -2.34. The average Bonchev–Trinajstić information content (AvgIpc) is 2.69. The van der Waals surface area contributed by atoms with Gasteiger partial charge in [0, 0.05) is 18.7 Å². The molecule has 0 radical (unpaired) electrons. The highest BCUT2D eigenvalue weighted by Crippen LogP contribution is 2.32. The molecule has 0 aromatic heterocycles. The fourth-order valence-corrected chi connectivity index (χ4v) is 4.07. The molecule has 1 heterocycles. The quantitative estimate of drug-likeness (QED) is 0.726. The van der Waals surface area contributed by atoms with Gasteiger partial charge in [-0.1, -0.05) is 12.1 Å². The third kappa shape index (κ3) is 4.76. The van der Waals surface area contributed by atoms with Gasteiger partial charge in [0.2, 0.25) is 10.0 Å². The lowest BCUT2D eigenvalue weighted by Gasteiger charge is -2.25. The first-order chi connectivity index (χ1) is 13.4. The Kier molecular flexibility index (Phi) is 6.43. The van der Waals surface area contributed by atoms with Crippen molar-refractivity contribution in [2.24, 2.45) is 0 Å². The minimum Gasteiger partial charge on any atom is -0.494 e. The topological polar surface area (TPSA) is 77.1 Å². The first kappa shape index (κ1) is 20.4. The monoisotopic (exact) mass is 406 g/mol. The van der Waals surface area contributed by atoms with Gasteiger partial charge < -0.3 is 19.1 Å². The van der Waals surface area contributed by atoms with Crippen LogP contribution in [0.5, 0.6) is 17.2 Å². The molecule has 0 unspecified atom stereocenters. The van der Waals surface area contributed by atoms with E-state index in [9.17, 15) is 8.42 Å². The van der Waals surface area contributed by atoms with E-state index in [4.69, 9.17) is 14.2 Å². The zero-order chi connectivity index (χ0) is 20.1. The van der Waals surface area contributed by atoms with Gasteiger partial charge >= 0.3 is 0 Å². The lowest BCUT2D eigenvalue weighted by atomic mass is 10.1. The number of fused-ring (bicyclic) bond motifs is 1. The second-order valence-corrected chi connectivity index (χ2v) is 8.41. The highest BCUT2D eigenvalue weighted by Gasteiger charge is 2.22. The van der Waals surface area contributed by atoms with Crippen LogP contribution in [-0.4, -0.2) is 53.8 Å². The Morgan fingerprint density at radius 1 is 1.07 bits per heavy atom. The van der Waals surface area contributed by atoms with E-state index >= 15 is 0 Å². The maximum atomic E-state index is 12.8. The van der Waals surface area contributed by atoms with Crippen molar-refractivity contribution >= 4 is 10.0 Å². The molecule has 0 fully saturated rings. The summed E-state index contributed by atoms with van der Waals surface area (Å²) >= 11 is 0. The van der Waals surface area contributed by atoms with Crippen molar-refractivity contribution in [1.29, 1.82) is 0 Å². The summed E-state index contributed by atoms with van der Waals surface area (Å²) in [7, 11) is 0.148. The molecule has 0 saturated heterocycles. The van der Waals surface area contributed by atoms with E-state index in [1.807, 2.05) is 50.2 Å². The van der Waals surface area contributed by atoms with E-state index in [2.05, 4.69) is 4.72 Å². The van der Waals surface area contributed by atoms with Gasteiger partial charge in [0.1, 0.15) is 19.0 Å². The van der Waals surface area contributed by atoms with E-state index in [1.54, 1.807) is 6.07 Å². The van der Waals surface area contributed by atoms with Crippen molar-refractivity contribution in [2.75, 3.05) is 40.5 Å². The average molecular weight is 407 g/mol. The number of likely N-dealkylation sites (N-methyl/N-ethyl adjacent to an activating group) is 1. The highest BCUT2D eigenvalue weighted by atomic mass is 32.2. The third-order valence-electron chi connectivity index (χ3n) is 4.49. The molecule has 2 aromatic rings. The van der Waals surface area contributed by atoms with Crippen molar-refractivity contribution in [3.05, 3.63) is 48.0 Å². The number of ether oxygens (including phenoxy) is 3. The highest BCUT2D eigenvalue weighted by molar-refractivity contribution is 7.89. The van der Waals surface area contributed by atoms with Gasteiger partial charge in [-0.2, -0.15) is 0 Å². The van der Waals surface area contributed by atoms with Crippen LogP contribution in [-0.2, 0) is 10.0 Å². The van der Waals surface area contributed by atoms with Gasteiger partial charge in [-0.25, -0.2) is 13.1 Å². The molecule has 0 spiro atoms. The second kappa shape index (κ2) is 8.81. The van der Waals surface area contributed by atoms with Crippen molar-refractivity contribution in [2.45, 2.75) is 17.9 Å². The Labute approximate surface area is 166 Å². The van der Waals surface area contributed by atoms with Crippen molar-refractivity contribution in [3.8, 4) is 17.2 Å². The molecule has 28 heavy (non-hydrogen) atoms. The minimum absolute atomic E-state index is 0.123. The molecule has 0 amide bonds. The second-order valence-electron chi connectivity index (χ2n) is 6.64. The fraction of sp³-hybridized carbons (Fsp3) is 0.400. The number of hydrogen-bond donors (Lipinski definition) is 1. The maximum absolute atomic E-state index is 12.8. The summed E-state index contributed by atoms with van der Waals surface area (Å²) in [5.74, 6) is 1.80. The molecule has 1 N–H and O–H groups in total.